The largest absolute Gasteiger partial charge is 0.396 e. The van der Waals surface area contributed by atoms with Crippen molar-refractivity contribution in [1.29, 1.82) is 5.26 Å². The van der Waals surface area contributed by atoms with E-state index in [2.05, 4.69) is 16.7 Å². The summed E-state index contributed by atoms with van der Waals surface area (Å²) < 4.78 is 0. The molecule has 5 nitrogen and oxygen atoms in total. The van der Waals surface area contributed by atoms with Crippen molar-refractivity contribution >= 4 is 27.9 Å². The van der Waals surface area contributed by atoms with E-state index < -0.39 is 0 Å². The number of amides is 1. The molecule has 108 valence electrons. The molecule has 1 aromatic heterocycles. The van der Waals surface area contributed by atoms with Gasteiger partial charge in [-0.15, -0.1) is 11.3 Å². The van der Waals surface area contributed by atoms with Crippen molar-refractivity contribution in [2.75, 3.05) is 18.1 Å². The fourth-order valence-corrected chi connectivity index (χ4v) is 3.06. The number of carbonyl (C=O) groups excluding carboxylic acids is 1. The number of nitrogens with zero attached hydrogens (tertiary/aromatic N) is 1. The number of carbonyl (C=O) groups is 1. The third-order valence-electron chi connectivity index (χ3n) is 3.14. The van der Waals surface area contributed by atoms with Crippen LogP contribution in [-0.2, 0) is 0 Å². The van der Waals surface area contributed by atoms with E-state index in [1.54, 1.807) is 0 Å². The Hall–Kier alpha value is -2.52. The molecule has 6 heteroatoms. The fourth-order valence-electron chi connectivity index (χ4n) is 1.96. The minimum Gasteiger partial charge on any atom is -0.396 e. The van der Waals surface area contributed by atoms with Crippen LogP contribution in [-0.4, -0.2) is 13.0 Å². The van der Waals surface area contributed by atoms with Crippen molar-refractivity contribution in [3.05, 3.63) is 46.3 Å². The normalized spacial score (nSPS) is 11.5. The maximum Gasteiger partial charge on any atom is 0.263 e. The number of nitrogens with two attached hydrogens (primary N) is 1. The SMILES string of the molecule is CNC(=O)c1sc(NC(C)c2ccccc2)c(C#N)c1N. The molecular weight excluding hydrogens is 284 g/mol. The molecule has 0 fully saturated rings. The second-order valence-corrected chi connectivity index (χ2v) is 5.54. The molecule has 1 amide bonds. The molecule has 0 bridgehead atoms. The zero-order valence-corrected chi connectivity index (χ0v) is 12.6. The molecule has 0 aliphatic heterocycles. The number of benzene rings is 1. The van der Waals surface area contributed by atoms with Crippen LogP contribution in [0.15, 0.2) is 30.3 Å². The summed E-state index contributed by atoms with van der Waals surface area (Å²) in [5.74, 6) is -0.283. The molecule has 0 aliphatic carbocycles. The van der Waals surface area contributed by atoms with E-state index in [9.17, 15) is 10.1 Å². The number of nitrogens with one attached hydrogen (secondary N) is 2. The molecule has 0 radical (unpaired) electrons. The summed E-state index contributed by atoms with van der Waals surface area (Å²) in [6.45, 7) is 1.99. The topological polar surface area (TPSA) is 90.9 Å². The van der Waals surface area contributed by atoms with Gasteiger partial charge >= 0.3 is 0 Å². The highest BCUT2D eigenvalue weighted by Crippen LogP contribution is 2.37. The van der Waals surface area contributed by atoms with E-state index in [0.29, 0.717) is 15.4 Å². The summed E-state index contributed by atoms with van der Waals surface area (Å²) in [4.78, 5) is 12.1. The number of hydrogen-bond donors (Lipinski definition) is 3. The summed E-state index contributed by atoms with van der Waals surface area (Å²) in [7, 11) is 1.53. The molecule has 2 rings (SSSR count). The second kappa shape index (κ2) is 6.29. The van der Waals surface area contributed by atoms with E-state index in [1.807, 2.05) is 37.3 Å². The average molecular weight is 300 g/mol. The highest BCUT2D eigenvalue weighted by Gasteiger charge is 2.21. The highest BCUT2D eigenvalue weighted by molar-refractivity contribution is 7.18. The van der Waals surface area contributed by atoms with Gasteiger partial charge in [0.15, 0.2) is 0 Å². The van der Waals surface area contributed by atoms with Crippen LogP contribution in [0.4, 0.5) is 10.7 Å². The van der Waals surface area contributed by atoms with E-state index in [-0.39, 0.29) is 17.6 Å². The van der Waals surface area contributed by atoms with Crippen LogP contribution in [0.5, 0.6) is 0 Å². The molecule has 21 heavy (non-hydrogen) atoms. The van der Waals surface area contributed by atoms with Gasteiger partial charge in [0.2, 0.25) is 0 Å². The standard InChI is InChI=1S/C15H16N4OS/c1-9(10-6-4-3-5-7-10)19-15-11(8-16)12(17)13(21-15)14(20)18-2/h3-7,9,19H,17H2,1-2H3,(H,18,20). The molecule has 1 atom stereocenters. The number of nitriles is 1. The number of rotatable bonds is 4. The molecule has 0 saturated heterocycles. The first-order chi connectivity index (χ1) is 10.1. The minimum absolute atomic E-state index is 0.00823. The van der Waals surface area contributed by atoms with Crippen molar-refractivity contribution in [1.82, 2.24) is 5.32 Å². The Kier molecular flexibility index (Phi) is 4.45. The zero-order valence-electron chi connectivity index (χ0n) is 11.8. The van der Waals surface area contributed by atoms with Crippen LogP contribution >= 0.6 is 11.3 Å². The Morgan fingerprint density at radius 1 is 1.38 bits per heavy atom. The first-order valence-electron chi connectivity index (χ1n) is 6.44. The first kappa shape index (κ1) is 14.9. The van der Waals surface area contributed by atoms with Gasteiger partial charge in [0.25, 0.3) is 5.91 Å². The summed E-state index contributed by atoms with van der Waals surface area (Å²) in [5, 5.41) is 15.7. The lowest BCUT2D eigenvalue weighted by molar-refractivity contribution is 0.0968. The summed E-state index contributed by atoms with van der Waals surface area (Å²) >= 11 is 1.20. The quantitative estimate of drug-likeness (QED) is 0.809. The number of nitrogen functional groups attached to an aromatic ring is 1. The highest BCUT2D eigenvalue weighted by atomic mass is 32.1. The molecule has 0 saturated carbocycles. The molecule has 4 N–H and O–H groups in total. The second-order valence-electron chi connectivity index (χ2n) is 4.52. The van der Waals surface area contributed by atoms with Gasteiger partial charge in [-0.3, -0.25) is 4.79 Å². The van der Waals surface area contributed by atoms with Gasteiger partial charge in [0.05, 0.1) is 5.69 Å². The predicted molar refractivity (Wildman–Crippen MR) is 85.3 cm³/mol. The number of thiophene rings is 1. The smallest absolute Gasteiger partial charge is 0.263 e. The van der Waals surface area contributed by atoms with Crippen LogP contribution in [0.2, 0.25) is 0 Å². The zero-order chi connectivity index (χ0) is 15.4. The van der Waals surface area contributed by atoms with Gasteiger partial charge in [0, 0.05) is 13.1 Å². The molecule has 2 aromatic rings. The van der Waals surface area contributed by atoms with Crippen LogP contribution in [0.1, 0.15) is 33.8 Å². The van der Waals surface area contributed by atoms with Crippen molar-refractivity contribution < 1.29 is 4.79 Å². The van der Waals surface area contributed by atoms with Crippen LogP contribution in [0.3, 0.4) is 0 Å². The van der Waals surface area contributed by atoms with Crippen LogP contribution in [0.25, 0.3) is 0 Å². The predicted octanol–water partition coefficient (Wildman–Crippen LogP) is 2.73. The lowest BCUT2D eigenvalue weighted by atomic mass is 10.1. The summed E-state index contributed by atoms with van der Waals surface area (Å²) in [5.41, 5.74) is 7.53. The van der Waals surface area contributed by atoms with Gasteiger partial charge in [-0.1, -0.05) is 30.3 Å². The fraction of sp³-hybridized carbons (Fsp3) is 0.200. The van der Waals surface area contributed by atoms with Crippen molar-refractivity contribution in [3.63, 3.8) is 0 Å². The molecule has 1 aromatic carbocycles. The molecule has 0 spiro atoms. The number of anilines is 2. The van der Waals surface area contributed by atoms with Crippen LogP contribution in [0, 0.1) is 11.3 Å². The van der Waals surface area contributed by atoms with E-state index >= 15 is 0 Å². The molecular formula is C15H16N4OS. The van der Waals surface area contributed by atoms with E-state index in [4.69, 9.17) is 5.73 Å². The third kappa shape index (κ3) is 2.98. The van der Waals surface area contributed by atoms with Crippen LogP contribution < -0.4 is 16.4 Å². The van der Waals surface area contributed by atoms with E-state index in [0.717, 1.165) is 5.56 Å². The Bertz CT molecular complexity index is 688. The Balaban J connectivity index is 2.32. The third-order valence-corrected chi connectivity index (χ3v) is 4.27. The summed E-state index contributed by atoms with van der Waals surface area (Å²) in [6, 6.07) is 11.9. The molecule has 1 unspecified atom stereocenters. The number of hydrogen-bond acceptors (Lipinski definition) is 5. The first-order valence-corrected chi connectivity index (χ1v) is 7.26. The van der Waals surface area contributed by atoms with Crippen molar-refractivity contribution in [3.8, 4) is 6.07 Å². The van der Waals surface area contributed by atoms with Gasteiger partial charge in [-0.25, -0.2) is 0 Å². The van der Waals surface area contributed by atoms with Crippen molar-refractivity contribution in [2.24, 2.45) is 0 Å². The summed E-state index contributed by atoms with van der Waals surface area (Å²) in [6.07, 6.45) is 0. The maximum atomic E-state index is 11.8. The molecule has 1 heterocycles. The Morgan fingerprint density at radius 3 is 2.62 bits per heavy atom. The Labute approximate surface area is 127 Å². The Morgan fingerprint density at radius 2 is 2.05 bits per heavy atom. The maximum absolute atomic E-state index is 11.8. The van der Waals surface area contributed by atoms with Gasteiger partial charge in [0.1, 0.15) is 21.5 Å². The minimum atomic E-state index is -0.283. The van der Waals surface area contributed by atoms with Gasteiger partial charge < -0.3 is 16.4 Å². The molecule has 0 aliphatic rings. The van der Waals surface area contributed by atoms with E-state index in [1.165, 1.54) is 18.4 Å². The van der Waals surface area contributed by atoms with Crippen molar-refractivity contribution in [2.45, 2.75) is 13.0 Å². The lowest BCUT2D eigenvalue weighted by Crippen LogP contribution is -2.17. The van der Waals surface area contributed by atoms with Gasteiger partial charge in [-0.05, 0) is 12.5 Å². The van der Waals surface area contributed by atoms with Gasteiger partial charge in [-0.2, -0.15) is 5.26 Å². The lowest BCUT2D eigenvalue weighted by Gasteiger charge is -2.14. The monoisotopic (exact) mass is 300 g/mol. The average Bonchev–Trinajstić information content (AvgIpc) is 2.83.